The molecule has 0 radical (unpaired) electrons. The van der Waals surface area contributed by atoms with Crippen LogP contribution in [0.5, 0.6) is 0 Å². The number of amides is 2. The van der Waals surface area contributed by atoms with Crippen molar-refractivity contribution < 1.29 is 19.5 Å². The number of carbonyl (C=O) groups is 3. The molecule has 0 aliphatic heterocycles. The second kappa shape index (κ2) is 7.15. The van der Waals surface area contributed by atoms with Gasteiger partial charge in [0.15, 0.2) is 0 Å². The van der Waals surface area contributed by atoms with Gasteiger partial charge in [0.05, 0.1) is 0 Å². The fraction of sp³-hybridized carbons (Fsp3) is 0.308. The van der Waals surface area contributed by atoms with Gasteiger partial charge in [-0.2, -0.15) is 0 Å². The van der Waals surface area contributed by atoms with E-state index in [4.69, 9.17) is 5.11 Å². The van der Waals surface area contributed by atoms with Gasteiger partial charge in [-0.15, -0.1) is 0 Å². The zero-order valence-corrected chi connectivity index (χ0v) is 10.6. The van der Waals surface area contributed by atoms with E-state index >= 15 is 0 Å². The van der Waals surface area contributed by atoms with E-state index in [1.165, 1.54) is 0 Å². The first kappa shape index (κ1) is 14.7. The minimum absolute atomic E-state index is 0.0560. The maximum absolute atomic E-state index is 11.6. The van der Waals surface area contributed by atoms with Gasteiger partial charge in [0.25, 0.3) is 5.91 Å². The summed E-state index contributed by atoms with van der Waals surface area (Å²) in [6.07, 6.45) is 0.224. The van der Waals surface area contributed by atoms with Crippen molar-refractivity contribution >= 4 is 17.8 Å². The number of hydrogen-bond donors (Lipinski definition) is 3. The Morgan fingerprint density at radius 3 is 2.26 bits per heavy atom. The lowest BCUT2D eigenvalue weighted by molar-refractivity contribution is -0.137. The number of rotatable bonds is 5. The molecular formula is C13H16N2O4. The van der Waals surface area contributed by atoms with Crippen LogP contribution in [0.2, 0.25) is 0 Å². The summed E-state index contributed by atoms with van der Waals surface area (Å²) in [5, 5.41) is 8.41. The van der Waals surface area contributed by atoms with Crippen LogP contribution in [0, 0.1) is 6.92 Å². The monoisotopic (exact) mass is 264 g/mol. The van der Waals surface area contributed by atoms with Crippen molar-refractivity contribution in [2.75, 3.05) is 0 Å². The summed E-state index contributed by atoms with van der Waals surface area (Å²) in [5.74, 6) is -1.77. The van der Waals surface area contributed by atoms with Crippen molar-refractivity contribution in [2.45, 2.75) is 26.2 Å². The molecule has 0 heterocycles. The quantitative estimate of drug-likeness (QED) is 0.692. The van der Waals surface area contributed by atoms with Gasteiger partial charge in [-0.3, -0.25) is 25.2 Å². The van der Waals surface area contributed by atoms with Gasteiger partial charge >= 0.3 is 5.97 Å². The molecule has 0 saturated carbocycles. The molecule has 1 aromatic carbocycles. The Labute approximate surface area is 110 Å². The van der Waals surface area contributed by atoms with Crippen molar-refractivity contribution in [1.29, 1.82) is 0 Å². The van der Waals surface area contributed by atoms with E-state index in [0.717, 1.165) is 5.56 Å². The summed E-state index contributed by atoms with van der Waals surface area (Å²) >= 11 is 0. The standard InChI is InChI=1S/C13H16N2O4/c1-9-5-7-10(8-6-9)13(19)15-14-11(16)3-2-4-12(17)18/h5-8H,2-4H2,1H3,(H,14,16)(H,15,19)(H,17,18). The second-order valence-corrected chi connectivity index (χ2v) is 4.12. The van der Waals surface area contributed by atoms with Crippen molar-refractivity contribution in [2.24, 2.45) is 0 Å². The van der Waals surface area contributed by atoms with Crippen LogP contribution in [0.1, 0.15) is 35.2 Å². The van der Waals surface area contributed by atoms with Gasteiger partial charge in [-0.05, 0) is 25.5 Å². The molecule has 19 heavy (non-hydrogen) atoms. The van der Waals surface area contributed by atoms with Crippen LogP contribution < -0.4 is 10.9 Å². The predicted octanol–water partition coefficient (Wildman–Crippen LogP) is 1.01. The summed E-state index contributed by atoms with van der Waals surface area (Å²) in [6, 6.07) is 6.90. The fourth-order valence-corrected chi connectivity index (χ4v) is 1.37. The van der Waals surface area contributed by atoms with E-state index in [0.29, 0.717) is 5.56 Å². The molecule has 0 unspecified atom stereocenters. The lowest BCUT2D eigenvalue weighted by Crippen LogP contribution is -2.41. The molecule has 0 aromatic heterocycles. The van der Waals surface area contributed by atoms with E-state index in [9.17, 15) is 14.4 Å². The predicted molar refractivity (Wildman–Crippen MR) is 68.3 cm³/mol. The van der Waals surface area contributed by atoms with Crippen LogP contribution in [0.15, 0.2) is 24.3 Å². The molecule has 6 heteroatoms. The van der Waals surface area contributed by atoms with Crippen LogP contribution in [-0.2, 0) is 9.59 Å². The molecule has 0 aliphatic rings. The topological polar surface area (TPSA) is 95.5 Å². The van der Waals surface area contributed by atoms with Gasteiger partial charge in [0, 0.05) is 18.4 Å². The van der Waals surface area contributed by atoms with Crippen LogP contribution in [-0.4, -0.2) is 22.9 Å². The summed E-state index contributed by atoms with van der Waals surface area (Å²) < 4.78 is 0. The van der Waals surface area contributed by atoms with E-state index in [1.54, 1.807) is 24.3 Å². The van der Waals surface area contributed by atoms with Crippen molar-refractivity contribution in [3.8, 4) is 0 Å². The molecule has 2 amide bonds. The van der Waals surface area contributed by atoms with Crippen molar-refractivity contribution in [1.82, 2.24) is 10.9 Å². The highest BCUT2D eigenvalue weighted by molar-refractivity contribution is 5.95. The number of nitrogens with one attached hydrogen (secondary N) is 2. The Bertz CT molecular complexity index is 468. The number of carboxylic acids is 1. The Balaban J connectivity index is 2.31. The molecule has 1 rings (SSSR count). The average Bonchev–Trinajstić information content (AvgIpc) is 2.36. The minimum Gasteiger partial charge on any atom is -0.481 e. The molecule has 1 aromatic rings. The molecule has 102 valence electrons. The largest absolute Gasteiger partial charge is 0.481 e. The molecule has 0 bridgehead atoms. The number of aryl methyl sites for hydroxylation is 1. The maximum atomic E-state index is 11.6. The number of hydrogen-bond acceptors (Lipinski definition) is 3. The van der Waals surface area contributed by atoms with Gasteiger partial charge in [0.2, 0.25) is 5.91 Å². The fourth-order valence-electron chi connectivity index (χ4n) is 1.37. The Kier molecular flexibility index (Phi) is 5.53. The molecular weight excluding hydrogens is 248 g/mol. The van der Waals surface area contributed by atoms with E-state index in [-0.39, 0.29) is 19.3 Å². The molecule has 0 spiro atoms. The zero-order valence-electron chi connectivity index (χ0n) is 10.6. The minimum atomic E-state index is -0.948. The van der Waals surface area contributed by atoms with Crippen LogP contribution in [0.3, 0.4) is 0 Å². The second-order valence-electron chi connectivity index (χ2n) is 4.12. The third-order valence-corrected chi connectivity index (χ3v) is 2.42. The number of benzene rings is 1. The van der Waals surface area contributed by atoms with Gasteiger partial charge in [0.1, 0.15) is 0 Å². The summed E-state index contributed by atoms with van der Waals surface area (Å²) in [4.78, 5) is 33.2. The molecule has 6 nitrogen and oxygen atoms in total. The highest BCUT2D eigenvalue weighted by Gasteiger charge is 2.07. The van der Waals surface area contributed by atoms with Crippen molar-refractivity contribution in [3.05, 3.63) is 35.4 Å². The molecule has 3 N–H and O–H groups in total. The van der Waals surface area contributed by atoms with Gasteiger partial charge in [-0.1, -0.05) is 17.7 Å². The maximum Gasteiger partial charge on any atom is 0.303 e. The summed E-state index contributed by atoms with van der Waals surface area (Å²) in [6.45, 7) is 1.91. The molecule has 0 aliphatic carbocycles. The molecule has 0 atom stereocenters. The normalized spacial score (nSPS) is 9.74. The Morgan fingerprint density at radius 1 is 1.05 bits per heavy atom. The van der Waals surface area contributed by atoms with E-state index < -0.39 is 17.8 Å². The van der Waals surface area contributed by atoms with Crippen LogP contribution >= 0.6 is 0 Å². The first-order valence-corrected chi connectivity index (χ1v) is 5.86. The first-order chi connectivity index (χ1) is 8.99. The lowest BCUT2D eigenvalue weighted by Gasteiger charge is -2.07. The zero-order chi connectivity index (χ0) is 14.3. The number of aliphatic carboxylic acids is 1. The Hall–Kier alpha value is -2.37. The molecule has 0 fully saturated rings. The first-order valence-electron chi connectivity index (χ1n) is 5.86. The van der Waals surface area contributed by atoms with Gasteiger partial charge in [-0.25, -0.2) is 0 Å². The highest BCUT2D eigenvalue weighted by Crippen LogP contribution is 2.02. The lowest BCUT2D eigenvalue weighted by atomic mass is 10.1. The van der Waals surface area contributed by atoms with Crippen molar-refractivity contribution in [3.63, 3.8) is 0 Å². The third kappa shape index (κ3) is 5.67. The smallest absolute Gasteiger partial charge is 0.303 e. The van der Waals surface area contributed by atoms with E-state index in [2.05, 4.69) is 10.9 Å². The average molecular weight is 264 g/mol. The number of hydrazine groups is 1. The van der Waals surface area contributed by atoms with E-state index in [1.807, 2.05) is 6.92 Å². The Morgan fingerprint density at radius 2 is 1.68 bits per heavy atom. The van der Waals surface area contributed by atoms with Gasteiger partial charge < -0.3 is 5.11 Å². The van der Waals surface area contributed by atoms with Crippen LogP contribution in [0.4, 0.5) is 0 Å². The third-order valence-electron chi connectivity index (χ3n) is 2.42. The summed E-state index contributed by atoms with van der Waals surface area (Å²) in [5.41, 5.74) is 5.99. The highest BCUT2D eigenvalue weighted by atomic mass is 16.4. The number of carbonyl (C=O) groups excluding carboxylic acids is 2. The summed E-state index contributed by atoms with van der Waals surface area (Å²) in [7, 11) is 0. The SMILES string of the molecule is Cc1ccc(C(=O)NNC(=O)CCCC(=O)O)cc1. The molecule has 0 saturated heterocycles. The number of carboxylic acid groups (broad SMARTS) is 1. The van der Waals surface area contributed by atoms with Crippen LogP contribution in [0.25, 0.3) is 0 Å².